The van der Waals surface area contributed by atoms with Crippen LogP contribution in [0.5, 0.6) is 0 Å². The van der Waals surface area contributed by atoms with Gasteiger partial charge in [0.2, 0.25) is 0 Å². The average Bonchev–Trinajstić information content (AvgIpc) is 2.36. The van der Waals surface area contributed by atoms with Gasteiger partial charge in [0.05, 0.1) is 5.60 Å². The lowest BCUT2D eigenvalue weighted by Crippen LogP contribution is -2.41. The predicted octanol–water partition coefficient (Wildman–Crippen LogP) is 1.53. The Balaban J connectivity index is 1.98. The van der Waals surface area contributed by atoms with E-state index in [1.165, 1.54) is 12.6 Å². The van der Waals surface area contributed by atoms with Crippen LogP contribution in [0, 0.1) is 5.92 Å². The minimum absolute atomic E-state index is 0.231. The number of hydrogen-bond acceptors (Lipinski definition) is 4. The number of aliphatic hydroxyl groups is 1. The first kappa shape index (κ1) is 13.8. The largest absolute Gasteiger partial charge is 0.388 e. The van der Waals surface area contributed by atoms with Crippen LogP contribution in [0.15, 0.2) is 18.3 Å². The average molecular weight is 263 g/mol. The first-order valence-corrected chi connectivity index (χ1v) is 6.71. The smallest absolute Gasteiger partial charge is 0.267 e. The van der Waals surface area contributed by atoms with Crippen molar-refractivity contribution in [1.29, 1.82) is 0 Å². The molecular weight excluding hydrogens is 242 g/mol. The summed E-state index contributed by atoms with van der Waals surface area (Å²) in [6.07, 6.45) is 5.41. The Labute approximate surface area is 113 Å². The molecule has 2 unspecified atom stereocenters. The quantitative estimate of drug-likeness (QED) is 0.768. The van der Waals surface area contributed by atoms with Crippen LogP contribution in [0.2, 0.25) is 0 Å². The monoisotopic (exact) mass is 263 g/mol. The van der Waals surface area contributed by atoms with Crippen LogP contribution in [0.1, 0.15) is 43.1 Å². The maximum absolute atomic E-state index is 11.0. The zero-order valence-electron chi connectivity index (χ0n) is 11.2. The number of hydrogen-bond donors (Lipinski definition) is 3. The van der Waals surface area contributed by atoms with Crippen molar-refractivity contribution in [3.63, 3.8) is 0 Å². The van der Waals surface area contributed by atoms with Crippen molar-refractivity contribution in [2.45, 2.75) is 38.2 Å². The number of carbonyl (C=O) groups excluding carboxylic acids is 1. The Bertz CT molecular complexity index is 464. The molecule has 0 saturated heterocycles. The second-order valence-electron chi connectivity index (χ2n) is 5.57. The molecule has 0 radical (unpaired) electrons. The number of aromatic nitrogens is 1. The number of nitrogens with two attached hydrogens (primary N) is 1. The minimum Gasteiger partial charge on any atom is -0.388 e. The second kappa shape index (κ2) is 5.57. The lowest BCUT2D eigenvalue weighted by molar-refractivity contribution is -0.000764. The fraction of sp³-hybridized carbons (Fsp3) is 0.571. The van der Waals surface area contributed by atoms with Crippen molar-refractivity contribution in [2.24, 2.45) is 11.7 Å². The van der Waals surface area contributed by atoms with Crippen molar-refractivity contribution >= 4 is 11.6 Å². The van der Waals surface area contributed by atoms with Crippen LogP contribution >= 0.6 is 0 Å². The molecule has 2 rings (SSSR count). The molecule has 5 heteroatoms. The van der Waals surface area contributed by atoms with Crippen molar-refractivity contribution in [3.8, 4) is 0 Å². The van der Waals surface area contributed by atoms with Crippen LogP contribution in [-0.2, 0) is 0 Å². The molecule has 1 aliphatic rings. The van der Waals surface area contributed by atoms with E-state index in [1.54, 1.807) is 12.1 Å². The highest BCUT2D eigenvalue weighted by atomic mass is 16.3. The third kappa shape index (κ3) is 3.67. The molecule has 1 heterocycles. The maximum Gasteiger partial charge on any atom is 0.267 e. The van der Waals surface area contributed by atoms with Crippen molar-refractivity contribution in [2.75, 3.05) is 11.9 Å². The summed E-state index contributed by atoms with van der Waals surface area (Å²) in [7, 11) is 0. The molecule has 1 amide bonds. The van der Waals surface area contributed by atoms with Gasteiger partial charge in [0.1, 0.15) is 5.69 Å². The summed E-state index contributed by atoms with van der Waals surface area (Å²) in [5.74, 6) is 0.00724. The summed E-state index contributed by atoms with van der Waals surface area (Å²) in [5.41, 5.74) is 5.52. The Hall–Kier alpha value is -1.62. The van der Waals surface area contributed by atoms with Crippen LogP contribution in [-0.4, -0.2) is 28.1 Å². The molecule has 1 aliphatic carbocycles. The first-order valence-electron chi connectivity index (χ1n) is 6.71. The molecule has 5 nitrogen and oxygen atoms in total. The molecule has 4 N–H and O–H groups in total. The Morgan fingerprint density at radius 3 is 3.16 bits per heavy atom. The van der Waals surface area contributed by atoms with E-state index in [9.17, 15) is 9.90 Å². The van der Waals surface area contributed by atoms with E-state index < -0.39 is 11.5 Å². The standard InChI is InChI=1S/C14H21N3O2/c1-10-3-2-5-14(19,8-10)9-17-11-4-6-16-12(7-11)13(15)18/h4,6-7,10,19H,2-3,5,8-9H2,1H3,(H2,15,18)(H,16,17). The number of nitrogens with zero attached hydrogens (tertiary/aromatic N) is 1. The Morgan fingerprint density at radius 1 is 1.68 bits per heavy atom. The zero-order valence-corrected chi connectivity index (χ0v) is 11.2. The summed E-state index contributed by atoms with van der Waals surface area (Å²) < 4.78 is 0. The normalized spacial score (nSPS) is 26.9. The van der Waals surface area contributed by atoms with E-state index in [4.69, 9.17) is 5.73 Å². The van der Waals surface area contributed by atoms with Gasteiger partial charge in [0.25, 0.3) is 5.91 Å². The van der Waals surface area contributed by atoms with Gasteiger partial charge in [-0.25, -0.2) is 0 Å². The number of carbonyl (C=O) groups is 1. The van der Waals surface area contributed by atoms with E-state index in [0.717, 1.165) is 24.9 Å². The third-order valence-corrected chi connectivity index (χ3v) is 3.70. The van der Waals surface area contributed by atoms with E-state index in [1.807, 2.05) is 0 Å². The van der Waals surface area contributed by atoms with E-state index >= 15 is 0 Å². The molecule has 19 heavy (non-hydrogen) atoms. The highest BCUT2D eigenvalue weighted by molar-refractivity contribution is 5.91. The van der Waals surface area contributed by atoms with Crippen LogP contribution in [0.3, 0.4) is 0 Å². The highest BCUT2D eigenvalue weighted by Gasteiger charge is 2.32. The Kier molecular flexibility index (Phi) is 4.04. The number of primary amides is 1. The van der Waals surface area contributed by atoms with Crippen molar-refractivity contribution in [3.05, 3.63) is 24.0 Å². The van der Waals surface area contributed by atoms with Crippen LogP contribution < -0.4 is 11.1 Å². The van der Waals surface area contributed by atoms with Gasteiger partial charge in [-0.2, -0.15) is 0 Å². The van der Waals surface area contributed by atoms with Crippen LogP contribution in [0.25, 0.3) is 0 Å². The fourth-order valence-corrected chi connectivity index (χ4v) is 2.73. The summed E-state index contributed by atoms with van der Waals surface area (Å²) in [5, 5.41) is 13.7. The van der Waals surface area contributed by atoms with E-state index in [-0.39, 0.29) is 5.69 Å². The number of pyridine rings is 1. The molecule has 104 valence electrons. The fourth-order valence-electron chi connectivity index (χ4n) is 2.73. The predicted molar refractivity (Wildman–Crippen MR) is 73.8 cm³/mol. The topological polar surface area (TPSA) is 88.2 Å². The van der Waals surface area contributed by atoms with Crippen LogP contribution in [0.4, 0.5) is 5.69 Å². The molecule has 0 spiro atoms. The van der Waals surface area contributed by atoms with E-state index in [0.29, 0.717) is 12.5 Å². The molecule has 1 saturated carbocycles. The lowest BCUT2D eigenvalue weighted by atomic mass is 9.79. The third-order valence-electron chi connectivity index (χ3n) is 3.70. The number of rotatable bonds is 4. The molecule has 1 aromatic heterocycles. The van der Waals surface area contributed by atoms with Gasteiger partial charge in [-0.3, -0.25) is 9.78 Å². The summed E-state index contributed by atoms with van der Waals surface area (Å²) in [6, 6.07) is 3.38. The molecule has 0 bridgehead atoms. The lowest BCUT2D eigenvalue weighted by Gasteiger charge is -2.35. The number of amides is 1. The minimum atomic E-state index is -0.659. The molecule has 1 fully saturated rings. The van der Waals surface area contributed by atoms with Gasteiger partial charge in [0.15, 0.2) is 0 Å². The number of anilines is 1. The highest BCUT2D eigenvalue weighted by Crippen LogP contribution is 2.32. The van der Waals surface area contributed by atoms with Crippen molar-refractivity contribution in [1.82, 2.24) is 4.98 Å². The van der Waals surface area contributed by atoms with Gasteiger partial charge in [-0.05, 0) is 30.9 Å². The Morgan fingerprint density at radius 2 is 2.47 bits per heavy atom. The zero-order chi connectivity index (χ0) is 13.9. The molecule has 0 aromatic carbocycles. The number of nitrogens with one attached hydrogen (secondary N) is 1. The first-order chi connectivity index (χ1) is 8.98. The van der Waals surface area contributed by atoms with Gasteiger partial charge in [-0.1, -0.05) is 19.8 Å². The molecule has 1 aromatic rings. The van der Waals surface area contributed by atoms with Crippen molar-refractivity contribution < 1.29 is 9.90 Å². The summed E-state index contributed by atoms with van der Waals surface area (Å²) >= 11 is 0. The van der Waals surface area contributed by atoms with Gasteiger partial charge < -0.3 is 16.2 Å². The molecular formula is C14H21N3O2. The van der Waals surface area contributed by atoms with Gasteiger partial charge in [-0.15, -0.1) is 0 Å². The second-order valence-corrected chi connectivity index (χ2v) is 5.57. The summed E-state index contributed by atoms with van der Waals surface area (Å²) in [4.78, 5) is 14.9. The van der Waals surface area contributed by atoms with Gasteiger partial charge in [0, 0.05) is 18.4 Å². The maximum atomic E-state index is 11.0. The SMILES string of the molecule is CC1CCCC(O)(CNc2ccnc(C(N)=O)c2)C1. The van der Waals surface area contributed by atoms with Gasteiger partial charge >= 0.3 is 0 Å². The van der Waals surface area contributed by atoms with E-state index in [2.05, 4.69) is 17.2 Å². The molecule has 0 aliphatic heterocycles. The molecule has 2 atom stereocenters. The summed E-state index contributed by atoms with van der Waals surface area (Å²) in [6.45, 7) is 2.65.